The maximum absolute atomic E-state index is 11.8. The quantitative estimate of drug-likeness (QED) is 0.438. The second-order valence-corrected chi connectivity index (χ2v) is 6.91. The van der Waals surface area contributed by atoms with Crippen LogP contribution in [0.15, 0.2) is 23.2 Å². The van der Waals surface area contributed by atoms with Crippen molar-refractivity contribution < 1.29 is 9.59 Å². The van der Waals surface area contributed by atoms with E-state index in [2.05, 4.69) is 15.6 Å². The van der Waals surface area contributed by atoms with Crippen LogP contribution in [0.2, 0.25) is 10.0 Å². The highest BCUT2D eigenvalue weighted by atomic mass is 35.5. The highest BCUT2D eigenvalue weighted by Crippen LogP contribution is 2.25. The Morgan fingerprint density at radius 2 is 1.92 bits per heavy atom. The molecule has 0 aliphatic carbocycles. The van der Waals surface area contributed by atoms with Crippen LogP contribution in [0, 0.1) is 0 Å². The van der Waals surface area contributed by atoms with Crippen LogP contribution in [0.4, 0.5) is 0 Å². The van der Waals surface area contributed by atoms with Crippen LogP contribution in [0.1, 0.15) is 44.7 Å². The molecule has 1 atom stereocenters. The molecule has 0 spiro atoms. The van der Waals surface area contributed by atoms with Crippen molar-refractivity contribution in [3.63, 3.8) is 0 Å². The predicted molar refractivity (Wildman–Crippen MR) is 105 cm³/mol. The molecule has 0 bridgehead atoms. The molecule has 8 heteroatoms. The fourth-order valence-corrected chi connectivity index (χ4v) is 3.01. The first-order valence-electron chi connectivity index (χ1n) is 8.75. The Morgan fingerprint density at radius 1 is 1.23 bits per heavy atom. The highest BCUT2D eigenvalue weighted by Gasteiger charge is 2.25. The maximum atomic E-state index is 11.8. The molecular weight excluding hydrogens is 375 g/mol. The Hall–Kier alpha value is -1.79. The van der Waals surface area contributed by atoms with Crippen molar-refractivity contribution in [2.45, 2.75) is 39.2 Å². The van der Waals surface area contributed by atoms with E-state index in [1.807, 2.05) is 26.0 Å². The third-order valence-corrected chi connectivity index (χ3v) is 4.86. The van der Waals surface area contributed by atoms with E-state index in [4.69, 9.17) is 23.2 Å². The van der Waals surface area contributed by atoms with Crippen molar-refractivity contribution in [2.75, 3.05) is 19.6 Å². The van der Waals surface area contributed by atoms with Crippen LogP contribution in [0.5, 0.6) is 0 Å². The number of halogens is 2. The molecule has 142 valence electrons. The lowest BCUT2D eigenvalue weighted by Crippen LogP contribution is -2.42. The van der Waals surface area contributed by atoms with E-state index in [9.17, 15) is 9.59 Å². The molecule has 1 saturated heterocycles. The van der Waals surface area contributed by atoms with Gasteiger partial charge in [0, 0.05) is 25.9 Å². The fraction of sp³-hybridized carbons (Fsp3) is 0.500. The van der Waals surface area contributed by atoms with Crippen LogP contribution < -0.4 is 10.6 Å². The summed E-state index contributed by atoms with van der Waals surface area (Å²) >= 11 is 12.0. The zero-order chi connectivity index (χ0) is 19.1. The number of imide groups is 1. The number of aliphatic imine (C=N–C) groups is 1. The van der Waals surface area contributed by atoms with Crippen molar-refractivity contribution in [2.24, 2.45) is 4.99 Å². The molecule has 2 N–H and O–H groups in total. The summed E-state index contributed by atoms with van der Waals surface area (Å²) in [5.41, 5.74) is 0.978. The molecule has 1 aliphatic rings. The lowest BCUT2D eigenvalue weighted by atomic mass is 10.1. The monoisotopic (exact) mass is 398 g/mol. The molecule has 1 heterocycles. The van der Waals surface area contributed by atoms with E-state index < -0.39 is 0 Å². The summed E-state index contributed by atoms with van der Waals surface area (Å²) in [7, 11) is 0. The van der Waals surface area contributed by atoms with Crippen molar-refractivity contribution in [3.05, 3.63) is 33.8 Å². The van der Waals surface area contributed by atoms with Gasteiger partial charge in [-0.2, -0.15) is 0 Å². The summed E-state index contributed by atoms with van der Waals surface area (Å²) in [6.07, 6.45) is 1.51. The number of likely N-dealkylation sites (tertiary alicyclic amines) is 1. The van der Waals surface area contributed by atoms with E-state index in [0.717, 1.165) is 5.56 Å². The number of carbonyl (C=O) groups is 2. The van der Waals surface area contributed by atoms with Crippen LogP contribution in [0.3, 0.4) is 0 Å². The first-order valence-corrected chi connectivity index (χ1v) is 9.51. The van der Waals surface area contributed by atoms with Gasteiger partial charge in [0.05, 0.1) is 22.6 Å². The summed E-state index contributed by atoms with van der Waals surface area (Å²) in [6, 6.07) is 5.44. The van der Waals surface area contributed by atoms with E-state index >= 15 is 0 Å². The second-order valence-electron chi connectivity index (χ2n) is 6.09. The third kappa shape index (κ3) is 5.61. The molecule has 1 aliphatic heterocycles. The molecule has 1 unspecified atom stereocenters. The average molecular weight is 399 g/mol. The van der Waals surface area contributed by atoms with E-state index in [-0.39, 0.29) is 17.9 Å². The zero-order valence-electron chi connectivity index (χ0n) is 15.0. The van der Waals surface area contributed by atoms with Crippen molar-refractivity contribution in [1.82, 2.24) is 15.5 Å². The molecule has 0 radical (unpaired) electrons. The van der Waals surface area contributed by atoms with Crippen LogP contribution in [0.25, 0.3) is 0 Å². The minimum atomic E-state index is -0.112. The number of rotatable bonds is 6. The predicted octanol–water partition coefficient (Wildman–Crippen LogP) is 3.15. The van der Waals surface area contributed by atoms with Gasteiger partial charge in [-0.15, -0.1) is 0 Å². The molecule has 1 aromatic carbocycles. The average Bonchev–Trinajstić information content (AvgIpc) is 2.60. The van der Waals surface area contributed by atoms with Gasteiger partial charge in [-0.3, -0.25) is 19.5 Å². The van der Waals surface area contributed by atoms with Crippen molar-refractivity contribution >= 4 is 41.0 Å². The topological polar surface area (TPSA) is 73.8 Å². The molecule has 2 rings (SSSR count). The SMILES string of the molecule is CCNC(=NCCN1C(=O)CCCC1=O)NC(C)c1ccc(Cl)c(Cl)c1. The van der Waals surface area contributed by atoms with Crippen molar-refractivity contribution in [1.29, 1.82) is 0 Å². The maximum Gasteiger partial charge on any atom is 0.229 e. The van der Waals surface area contributed by atoms with E-state index in [1.165, 1.54) is 4.90 Å². The largest absolute Gasteiger partial charge is 0.357 e. The van der Waals surface area contributed by atoms with Gasteiger partial charge in [0.1, 0.15) is 0 Å². The third-order valence-electron chi connectivity index (χ3n) is 4.12. The van der Waals surface area contributed by atoms with Gasteiger partial charge in [-0.25, -0.2) is 0 Å². The number of hydrogen-bond acceptors (Lipinski definition) is 3. The fourth-order valence-electron chi connectivity index (χ4n) is 2.70. The molecule has 26 heavy (non-hydrogen) atoms. The summed E-state index contributed by atoms with van der Waals surface area (Å²) in [5.74, 6) is 0.389. The summed E-state index contributed by atoms with van der Waals surface area (Å²) in [6.45, 7) is 5.31. The molecule has 0 aromatic heterocycles. The Bertz CT molecular complexity index is 678. The Labute approximate surface area is 163 Å². The van der Waals surface area contributed by atoms with Crippen LogP contribution in [-0.4, -0.2) is 42.3 Å². The smallest absolute Gasteiger partial charge is 0.229 e. The normalized spacial score (nSPS) is 16.6. The Morgan fingerprint density at radius 3 is 2.54 bits per heavy atom. The summed E-state index contributed by atoms with van der Waals surface area (Å²) in [5, 5.41) is 7.47. The molecular formula is C18H24Cl2N4O2. The van der Waals surface area contributed by atoms with Gasteiger partial charge in [0.25, 0.3) is 0 Å². The van der Waals surface area contributed by atoms with Gasteiger partial charge in [-0.1, -0.05) is 29.3 Å². The lowest BCUT2D eigenvalue weighted by molar-refractivity contribution is -0.147. The highest BCUT2D eigenvalue weighted by molar-refractivity contribution is 6.42. The number of piperidine rings is 1. The number of amides is 2. The second kappa shape index (κ2) is 9.78. The number of benzene rings is 1. The minimum absolute atomic E-state index is 0.0409. The van der Waals surface area contributed by atoms with Crippen LogP contribution in [-0.2, 0) is 9.59 Å². The standard InChI is InChI=1S/C18H24Cl2N4O2/c1-3-21-18(22-9-10-24-16(25)5-4-6-17(24)26)23-12(2)13-7-8-14(19)15(20)11-13/h7-8,11-12H,3-6,9-10H2,1-2H3,(H2,21,22,23). The zero-order valence-corrected chi connectivity index (χ0v) is 16.5. The van der Waals surface area contributed by atoms with Gasteiger partial charge in [0.15, 0.2) is 5.96 Å². The number of nitrogens with zero attached hydrogens (tertiary/aromatic N) is 2. The van der Waals surface area contributed by atoms with Crippen molar-refractivity contribution in [3.8, 4) is 0 Å². The number of carbonyl (C=O) groups excluding carboxylic acids is 2. The first kappa shape index (κ1) is 20.5. The molecule has 2 amide bonds. The minimum Gasteiger partial charge on any atom is -0.357 e. The van der Waals surface area contributed by atoms with Gasteiger partial charge in [-0.05, 0) is 38.0 Å². The van der Waals surface area contributed by atoms with E-state index in [1.54, 1.807) is 6.07 Å². The summed E-state index contributed by atoms with van der Waals surface area (Å²) < 4.78 is 0. The number of guanidine groups is 1. The van der Waals surface area contributed by atoms with Gasteiger partial charge < -0.3 is 10.6 Å². The Balaban J connectivity index is 1.98. The van der Waals surface area contributed by atoms with Gasteiger partial charge >= 0.3 is 0 Å². The summed E-state index contributed by atoms with van der Waals surface area (Å²) in [4.78, 5) is 29.4. The molecule has 0 saturated carbocycles. The first-order chi connectivity index (χ1) is 12.4. The molecule has 1 fully saturated rings. The molecule has 6 nitrogen and oxygen atoms in total. The Kier molecular flexibility index (Phi) is 7.72. The van der Waals surface area contributed by atoms with Gasteiger partial charge in [0.2, 0.25) is 11.8 Å². The lowest BCUT2D eigenvalue weighted by Gasteiger charge is -2.24. The van der Waals surface area contributed by atoms with Crippen LogP contribution >= 0.6 is 23.2 Å². The number of nitrogens with one attached hydrogen (secondary N) is 2. The van der Waals surface area contributed by atoms with E-state index in [0.29, 0.717) is 54.9 Å². The molecule has 1 aromatic rings. The number of hydrogen-bond donors (Lipinski definition) is 2.